The van der Waals surface area contributed by atoms with E-state index < -0.39 is 10.8 Å². The van der Waals surface area contributed by atoms with Crippen molar-refractivity contribution in [1.82, 2.24) is 10.3 Å². The summed E-state index contributed by atoms with van der Waals surface area (Å²) < 4.78 is 23.7. The fourth-order valence-corrected chi connectivity index (χ4v) is 4.09. The molecule has 0 fully saturated rings. The predicted octanol–water partition coefficient (Wildman–Crippen LogP) is 4.42. The highest BCUT2D eigenvalue weighted by molar-refractivity contribution is 7.84. The Morgan fingerprint density at radius 3 is 2.48 bits per heavy atom. The van der Waals surface area contributed by atoms with Crippen LogP contribution in [0.3, 0.4) is 0 Å². The average Bonchev–Trinajstić information content (AvgIpc) is 3.14. The van der Waals surface area contributed by atoms with E-state index in [4.69, 9.17) is 9.15 Å². The van der Waals surface area contributed by atoms with Crippen molar-refractivity contribution in [2.45, 2.75) is 37.8 Å². The Balaban J connectivity index is 1.62. The van der Waals surface area contributed by atoms with E-state index in [9.17, 15) is 9.00 Å². The first-order valence-electron chi connectivity index (χ1n) is 10.4. The first kappa shape index (κ1) is 22.9. The number of hydrogen-bond donors (Lipinski definition) is 1. The number of nitrogens with one attached hydrogen (secondary N) is 1. The smallest absolute Gasteiger partial charge is 0.251 e. The Labute approximate surface area is 185 Å². The minimum Gasteiger partial charge on any atom is -0.441 e. The van der Waals surface area contributed by atoms with Crippen LogP contribution < -0.4 is 5.32 Å². The number of hydrogen-bond acceptors (Lipinski definition) is 5. The van der Waals surface area contributed by atoms with Gasteiger partial charge in [-0.15, -0.1) is 0 Å². The maximum absolute atomic E-state index is 12.7. The summed E-state index contributed by atoms with van der Waals surface area (Å²) in [7, 11) is -1.20. The summed E-state index contributed by atoms with van der Waals surface area (Å²) in [6.45, 7) is 7.65. The number of oxazole rings is 1. The zero-order valence-electron chi connectivity index (χ0n) is 18.1. The molecule has 0 aliphatic carbocycles. The number of aryl methyl sites for hydroxylation is 2. The van der Waals surface area contributed by atoms with Crippen LogP contribution in [-0.4, -0.2) is 34.9 Å². The molecule has 2 aromatic carbocycles. The number of amides is 1. The van der Waals surface area contributed by atoms with Gasteiger partial charge in [-0.1, -0.05) is 17.7 Å². The van der Waals surface area contributed by atoms with Crippen molar-refractivity contribution < 1.29 is 18.2 Å². The number of carbonyl (C=O) groups is 1. The van der Waals surface area contributed by atoms with Gasteiger partial charge in [0.05, 0.1) is 22.2 Å². The van der Waals surface area contributed by atoms with Gasteiger partial charge in [0.25, 0.3) is 5.91 Å². The molecule has 1 heterocycles. The Morgan fingerprint density at radius 1 is 1.10 bits per heavy atom. The van der Waals surface area contributed by atoms with Crippen LogP contribution in [0.5, 0.6) is 0 Å². The molecule has 0 aliphatic rings. The van der Waals surface area contributed by atoms with Crippen LogP contribution in [0.25, 0.3) is 11.5 Å². The minimum atomic E-state index is -1.20. The third-order valence-corrected chi connectivity index (χ3v) is 6.13. The SMILES string of the molecule is CCOCCCNC(=O)c1ccc(-c2nc(CS(=O)c3ccc(C)cc3)c(C)o2)cc1. The molecule has 1 N–H and O–H groups in total. The highest BCUT2D eigenvalue weighted by Gasteiger charge is 2.15. The summed E-state index contributed by atoms with van der Waals surface area (Å²) in [5, 5.41) is 2.88. The van der Waals surface area contributed by atoms with E-state index >= 15 is 0 Å². The van der Waals surface area contributed by atoms with Crippen molar-refractivity contribution in [3.05, 3.63) is 71.1 Å². The van der Waals surface area contributed by atoms with Gasteiger partial charge in [-0.2, -0.15) is 0 Å². The summed E-state index contributed by atoms with van der Waals surface area (Å²) >= 11 is 0. The minimum absolute atomic E-state index is 0.124. The predicted molar refractivity (Wildman–Crippen MR) is 121 cm³/mol. The molecule has 164 valence electrons. The lowest BCUT2D eigenvalue weighted by atomic mass is 10.1. The standard InChI is InChI=1S/C24H28N2O4S/c1-4-29-15-5-14-25-23(27)19-8-10-20(11-9-19)24-26-22(18(3)30-24)16-31(28)21-12-6-17(2)7-13-21/h6-13H,4-5,14-16H2,1-3H3,(H,25,27). The fourth-order valence-electron chi connectivity index (χ4n) is 2.97. The van der Waals surface area contributed by atoms with Crippen molar-refractivity contribution in [3.63, 3.8) is 0 Å². The van der Waals surface area contributed by atoms with Crippen LogP contribution in [0.1, 0.15) is 40.7 Å². The maximum atomic E-state index is 12.7. The monoisotopic (exact) mass is 440 g/mol. The van der Waals surface area contributed by atoms with Gasteiger partial charge in [0.2, 0.25) is 5.89 Å². The summed E-state index contributed by atoms with van der Waals surface area (Å²) in [6, 6.07) is 14.8. The summed E-state index contributed by atoms with van der Waals surface area (Å²) in [5.74, 6) is 1.27. The van der Waals surface area contributed by atoms with Gasteiger partial charge < -0.3 is 14.5 Å². The van der Waals surface area contributed by atoms with Gasteiger partial charge in [0.15, 0.2) is 0 Å². The maximum Gasteiger partial charge on any atom is 0.251 e. The van der Waals surface area contributed by atoms with E-state index in [-0.39, 0.29) is 5.91 Å². The van der Waals surface area contributed by atoms with E-state index in [1.54, 1.807) is 24.3 Å². The van der Waals surface area contributed by atoms with Crippen molar-refractivity contribution in [1.29, 1.82) is 0 Å². The number of nitrogens with zero attached hydrogens (tertiary/aromatic N) is 1. The summed E-state index contributed by atoms with van der Waals surface area (Å²) in [4.78, 5) is 17.5. The van der Waals surface area contributed by atoms with Crippen molar-refractivity contribution in [3.8, 4) is 11.5 Å². The molecule has 0 saturated heterocycles. The summed E-state index contributed by atoms with van der Waals surface area (Å²) in [6.07, 6.45) is 0.778. The molecular formula is C24H28N2O4S. The molecule has 3 rings (SSSR count). The van der Waals surface area contributed by atoms with Gasteiger partial charge in [-0.3, -0.25) is 9.00 Å². The van der Waals surface area contributed by atoms with Crippen LogP contribution in [0.15, 0.2) is 57.8 Å². The zero-order valence-corrected chi connectivity index (χ0v) is 19.0. The first-order chi connectivity index (χ1) is 15.0. The highest BCUT2D eigenvalue weighted by Crippen LogP contribution is 2.24. The van der Waals surface area contributed by atoms with Gasteiger partial charge in [-0.25, -0.2) is 4.98 Å². The first-order valence-corrected chi connectivity index (χ1v) is 11.7. The quantitative estimate of drug-likeness (QED) is 0.472. The second-order valence-electron chi connectivity index (χ2n) is 7.21. The number of benzene rings is 2. The Morgan fingerprint density at radius 2 is 1.81 bits per heavy atom. The molecular weight excluding hydrogens is 412 g/mol. The lowest BCUT2D eigenvalue weighted by Crippen LogP contribution is -2.25. The molecule has 7 heteroatoms. The van der Waals surface area contributed by atoms with E-state index in [0.717, 1.165) is 22.4 Å². The zero-order chi connectivity index (χ0) is 22.2. The lowest BCUT2D eigenvalue weighted by Gasteiger charge is -2.05. The molecule has 31 heavy (non-hydrogen) atoms. The summed E-state index contributed by atoms with van der Waals surface area (Å²) in [5.41, 5.74) is 3.14. The van der Waals surface area contributed by atoms with Crippen molar-refractivity contribution in [2.75, 3.05) is 19.8 Å². The number of rotatable bonds is 10. The van der Waals surface area contributed by atoms with Gasteiger partial charge in [-0.05, 0) is 63.6 Å². The van der Waals surface area contributed by atoms with E-state index in [1.165, 1.54) is 0 Å². The largest absolute Gasteiger partial charge is 0.441 e. The second-order valence-corrected chi connectivity index (χ2v) is 8.66. The Kier molecular flexibility index (Phi) is 8.14. The third kappa shape index (κ3) is 6.35. The fraction of sp³-hybridized carbons (Fsp3) is 0.333. The van der Waals surface area contributed by atoms with Crippen molar-refractivity contribution >= 4 is 16.7 Å². The van der Waals surface area contributed by atoms with Crippen molar-refractivity contribution in [2.24, 2.45) is 0 Å². The van der Waals surface area contributed by atoms with E-state index in [1.807, 2.05) is 45.0 Å². The molecule has 3 aromatic rings. The highest BCUT2D eigenvalue weighted by atomic mass is 32.2. The van der Waals surface area contributed by atoms with Gasteiger partial charge in [0, 0.05) is 35.8 Å². The topological polar surface area (TPSA) is 81.4 Å². The Hall–Kier alpha value is -2.77. The number of carbonyl (C=O) groups excluding carboxylic acids is 1. The van der Waals surface area contributed by atoms with Crippen LogP contribution in [0, 0.1) is 13.8 Å². The molecule has 0 spiro atoms. The Bertz CT molecular complexity index is 1030. The molecule has 1 amide bonds. The van der Waals surface area contributed by atoms with E-state index in [0.29, 0.717) is 48.4 Å². The van der Waals surface area contributed by atoms with E-state index in [2.05, 4.69) is 10.3 Å². The molecule has 0 aliphatic heterocycles. The normalized spacial score (nSPS) is 12.0. The van der Waals surface area contributed by atoms with Crippen LogP contribution >= 0.6 is 0 Å². The van der Waals surface area contributed by atoms with Gasteiger partial charge in [0.1, 0.15) is 5.76 Å². The third-order valence-electron chi connectivity index (χ3n) is 4.79. The van der Waals surface area contributed by atoms with Crippen LogP contribution in [0.2, 0.25) is 0 Å². The molecule has 1 atom stereocenters. The van der Waals surface area contributed by atoms with Crippen LogP contribution in [0.4, 0.5) is 0 Å². The second kappa shape index (κ2) is 11.0. The molecule has 1 aromatic heterocycles. The van der Waals surface area contributed by atoms with Crippen LogP contribution in [-0.2, 0) is 21.3 Å². The number of ether oxygens (including phenoxy) is 1. The average molecular weight is 441 g/mol. The molecule has 0 radical (unpaired) electrons. The van der Waals surface area contributed by atoms with Gasteiger partial charge >= 0.3 is 0 Å². The molecule has 6 nitrogen and oxygen atoms in total. The molecule has 0 bridgehead atoms. The number of aromatic nitrogens is 1. The molecule has 1 unspecified atom stereocenters. The molecule has 0 saturated carbocycles. The lowest BCUT2D eigenvalue weighted by molar-refractivity contribution is 0.0944.